The molecular formula is C25H23F2N3O. The highest BCUT2D eigenvalue weighted by molar-refractivity contribution is 6.04. The van der Waals surface area contributed by atoms with Crippen molar-refractivity contribution in [1.82, 2.24) is 4.90 Å². The molecule has 0 bridgehead atoms. The summed E-state index contributed by atoms with van der Waals surface area (Å²) in [5.41, 5.74) is 3.26. The first-order valence-corrected chi connectivity index (χ1v) is 9.94. The monoisotopic (exact) mass is 419 g/mol. The Morgan fingerprint density at radius 2 is 1.65 bits per heavy atom. The van der Waals surface area contributed by atoms with Gasteiger partial charge in [0.2, 0.25) is 0 Å². The molecule has 158 valence electrons. The minimum absolute atomic E-state index is 0.157. The smallest absolute Gasteiger partial charge is 0.255 e. The molecule has 0 saturated carbocycles. The van der Waals surface area contributed by atoms with E-state index in [0.29, 0.717) is 35.5 Å². The van der Waals surface area contributed by atoms with Crippen LogP contribution >= 0.6 is 0 Å². The van der Waals surface area contributed by atoms with Gasteiger partial charge in [0.25, 0.3) is 5.91 Å². The van der Waals surface area contributed by atoms with Crippen molar-refractivity contribution in [3.05, 3.63) is 101 Å². The Morgan fingerprint density at radius 3 is 2.26 bits per heavy atom. The lowest BCUT2D eigenvalue weighted by Crippen LogP contribution is -2.30. The number of hydrogen-bond donors (Lipinski definition) is 1. The van der Waals surface area contributed by atoms with Gasteiger partial charge in [-0.25, -0.2) is 8.78 Å². The lowest BCUT2D eigenvalue weighted by Gasteiger charge is -2.27. The first-order chi connectivity index (χ1) is 14.9. The molecule has 1 amide bonds. The van der Waals surface area contributed by atoms with Gasteiger partial charge in [0.1, 0.15) is 0 Å². The quantitative estimate of drug-likeness (QED) is 0.550. The third-order valence-corrected chi connectivity index (χ3v) is 4.95. The Kier molecular flexibility index (Phi) is 7.11. The van der Waals surface area contributed by atoms with Gasteiger partial charge >= 0.3 is 0 Å². The van der Waals surface area contributed by atoms with E-state index in [2.05, 4.69) is 10.2 Å². The summed E-state index contributed by atoms with van der Waals surface area (Å²) < 4.78 is 26.8. The number of anilines is 1. The number of benzene rings is 3. The minimum atomic E-state index is -0.860. The van der Waals surface area contributed by atoms with Crippen LogP contribution in [0.15, 0.2) is 66.7 Å². The van der Waals surface area contributed by atoms with Gasteiger partial charge in [0, 0.05) is 30.4 Å². The summed E-state index contributed by atoms with van der Waals surface area (Å²) >= 11 is 0. The zero-order valence-corrected chi connectivity index (χ0v) is 17.4. The van der Waals surface area contributed by atoms with E-state index in [1.165, 1.54) is 6.07 Å². The number of carbonyl (C=O) groups is 1. The van der Waals surface area contributed by atoms with Crippen LogP contribution in [0, 0.1) is 23.0 Å². The number of carbonyl (C=O) groups excluding carboxylic acids is 1. The van der Waals surface area contributed by atoms with Crippen molar-refractivity contribution in [2.24, 2.45) is 0 Å². The molecule has 31 heavy (non-hydrogen) atoms. The van der Waals surface area contributed by atoms with Crippen molar-refractivity contribution in [2.45, 2.75) is 33.0 Å². The van der Waals surface area contributed by atoms with E-state index in [4.69, 9.17) is 5.26 Å². The van der Waals surface area contributed by atoms with E-state index >= 15 is 0 Å². The molecule has 0 atom stereocenters. The molecule has 0 heterocycles. The third kappa shape index (κ3) is 5.97. The minimum Gasteiger partial charge on any atom is -0.322 e. The van der Waals surface area contributed by atoms with Gasteiger partial charge in [-0.05, 0) is 73.5 Å². The van der Waals surface area contributed by atoms with Crippen LogP contribution in [0.3, 0.4) is 0 Å². The molecule has 0 fully saturated rings. The largest absolute Gasteiger partial charge is 0.322 e. The van der Waals surface area contributed by atoms with E-state index < -0.39 is 11.6 Å². The summed E-state index contributed by atoms with van der Waals surface area (Å²) in [5, 5.41) is 11.7. The standard InChI is InChI=1S/C25H23F2N3O/c1-17(2)30(16-20-8-11-23(26)24(27)13-20)15-19-4-3-5-21(12-19)25(31)29-22-9-6-18(14-28)7-10-22/h3-13,17H,15-16H2,1-2H3,(H,29,31). The maximum atomic E-state index is 13.6. The average molecular weight is 419 g/mol. The lowest BCUT2D eigenvalue weighted by molar-refractivity contribution is 0.102. The number of rotatable bonds is 7. The van der Waals surface area contributed by atoms with Crippen molar-refractivity contribution < 1.29 is 13.6 Å². The molecule has 0 saturated heterocycles. The second-order valence-electron chi connectivity index (χ2n) is 7.59. The fraction of sp³-hybridized carbons (Fsp3) is 0.200. The highest BCUT2D eigenvalue weighted by atomic mass is 19.2. The number of hydrogen-bond acceptors (Lipinski definition) is 3. The predicted molar refractivity (Wildman–Crippen MR) is 116 cm³/mol. The Balaban J connectivity index is 1.71. The number of halogens is 2. The van der Waals surface area contributed by atoms with Gasteiger partial charge in [-0.2, -0.15) is 5.26 Å². The van der Waals surface area contributed by atoms with Crippen LogP contribution in [-0.4, -0.2) is 16.8 Å². The van der Waals surface area contributed by atoms with Gasteiger partial charge in [0.05, 0.1) is 11.6 Å². The van der Waals surface area contributed by atoms with E-state index in [9.17, 15) is 13.6 Å². The second-order valence-corrected chi connectivity index (χ2v) is 7.59. The maximum Gasteiger partial charge on any atom is 0.255 e. The predicted octanol–water partition coefficient (Wildman–Crippen LogP) is 5.50. The van der Waals surface area contributed by atoms with Gasteiger partial charge in [0.15, 0.2) is 11.6 Å². The van der Waals surface area contributed by atoms with Crippen molar-refractivity contribution >= 4 is 11.6 Å². The zero-order valence-electron chi connectivity index (χ0n) is 17.4. The lowest BCUT2D eigenvalue weighted by atomic mass is 10.1. The summed E-state index contributed by atoms with van der Waals surface area (Å²) in [4.78, 5) is 14.7. The summed E-state index contributed by atoms with van der Waals surface area (Å²) in [6, 6.07) is 20.1. The summed E-state index contributed by atoms with van der Waals surface area (Å²) in [6.07, 6.45) is 0. The summed E-state index contributed by atoms with van der Waals surface area (Å²) in [6.45, 7) is 5.06. The Hall–Kier alpha value is -3.56. The average Bonchev–Trinajstić information content (AvgIpc) is 2.76. The first kappa shape index (κ1) is 22.1. The van der Waals surface area contributed by atoms with Crippen molar-refractivity contribution in [2.75, 3.05) is 5.32 Å². The van der Waals surface area contributed by atoms with Gasteiger partial charge in [-0.3, -0.25) is 9.69 Å². The van der Waals surface area contributed by atoms with E-state index in [1.807, 2.05) is 38.1 Å². The van der Waals surface area contributed by atoms with Crippen LogP contribution in [0.1, 0.15) is 40.9 Å². The summed E-state index contributed by atoms with van der Waals surface area (Å²) in [7, 11) is 0. The fourth-order valence-corrected chi connectivity index (χ4v) is 3.17. The van der Waals surface area contributed by atoms with Crippen molar-refractivity contribution in [3.63, 3.8) is 0 Å². The molecule has 3 aromatic rings. The molecule has 0 aromatic heterocycles. The van der Waals surface area contributed by atoms with Crippen LogP contribution in [-0.2, 0) is 13.1 Å². The summed E-state index contributed by atoms with van der Waals surface area (Å²) in [5.74, 6) is -1.97. The molecular weight excluding hydrogens is 396 g/mol. The molecule has 3 aromatic carbocycles. The Morgan fingerprint density at radius 1 is 0.968 bits per heavy atom. The molecule has 1 N–H and O–H groups in total. The molecule has 0 spiro atoms. The van der Waals surface area contributed by atoms with Crippen LogP contribution in [0.2, 0.25) is 0 Å². The van der Waals surface area contributed by atoms with Crippen molar-refractivity contribution in [1.29, 1.82) is 5.26 Å². The third-order valence-electron chi connectivity index (χ3n) is 4.95. The number of amides is 1. The first-order valence-electron chi connectivity index (χ1n) is 9.94. The molecule has 0 aliphatic carbocycles. The van der Waals surface area contributed by atoms with Crippen molar-refractivity contribution in [3.8, 4) is 6.07 Å². The molecule has 4 nitrogen and oxygen atoms in total. The van der Waals surface area contributed by atoms with Crippen LogP contribution in [0.5, 0.6) is 0 Å². The topological polar surface area (TPSA) is 56.1 Å². The SMILES string of the molecule is CC(C)N(Cc1cccc(C(=O)Nc2ccc(C#N)cc2)c1)Cc1ccc(F)c(F)c1. The van der Waals surface area contributed by atoms with E-state index in [-0.39, 0.29) is 11.9 Å². The van der Waals surface area contributed by atoms with Gasteiger partial charge < -0.3 is 5.32 Å². The van der Waals surface area contributed by atoms with Crippen LogP contribution < -0.4 is 5.32 Å². The van der Waals surface area contributed by atoms with E-state index in [1.54, 1.807) is 36.4 Å². The number of nitrogens with zero attached hydrogens (tertiary/aromatic N) is 2. The Labute approximate surface area is 180 Å². The molecule has 6 heteroatoms. The molecule has 0 aliphatic heterocycles. The molecule has 0 radical (unpaired) electrons. The maximum absolute atomic E-state index is 13.6. The van der Waals surface area contributed by atoms with Crippen LogP contribution in [0.25, 0.3) is 0 Å². The molecule has 3 rings (SSSR count). The molecule has 0 aliphatic rings. The Bertz CT molecular complexity index is 1100. The number of nitriles is 1. The highest BCUT2D eigenvalue weighted by Gasteiger charge is 2.14. The second kappa shape index (κ2) is 9.96. The number of nitrogens with one attached hydrogen (secondary N) is 1. The van der Waals surface area contributed by atoms with Crippen LogP contribution in [0.4, 0.5) is 14.5 Å². The zero-order chi connectivity index (χ0) is 22.4. The highest BCUT2D eigenvalue weighted by Crippen LogP contribution is 2.17. The molecule has 0 unspecified atom stereocenters. The normalized spacial score (nSPS) is 10.9. The van der Waals surface area contributed by atoms with E-state index in [0.717, 1.165) is 11.6 Å². The fourth-order valence-electron chi connectivity index (χ4n) is 3.17. The van der Waals surface area contributed by atoms with Gasteiger partial charge in [-0.1, -0.05) is 18.2 Å². The van der Waals surface area contributed by atoms with Gasteiger partial charge in [-0.15, -0.1) is 0 Å².